The van der Waals surface area contributed by atoms with Gasteiger partial charge in [-0.15, -0.1) is 0 Å². The molecule has 0 radical (unpaired) electrons. The number of hydrogen-bond acceptors (Lipinski definition) is 3. The molecule has 22 heavy (non-hydrogen) atoms. The molecule has 1 atom stereocenters. The fourth-order valence-electron chi connectivity index (χ4n) is 2.35. The molecule has 0 aliphatic carbocycles. The summed E-state index contributed by atoms with van der Waals surface area (Å²) in [6.07, 6.45) is 2.68. The van der Waals surface area contributed by atoms with E-state index in [1.807, 2.05) is 18.2 Å². The number of phenols is 1. The second-order valence-corrected chi connectivity index (χ2v) is 6.28. The number of aliphatic hydroxyl groups is 1. The van der Waals surface area contributed by atoms with Crippen molar-refractivity contribution in [1.82, 2.24) is 0 Å². The molecule has 4 heteroatoms. The van der Waals surface area contributed by atoms with Crippen LogP contribution in [-0.2, 0) is 12.8 Å². The number of aryl methyl sites for hydroxylation is 2. The van der Waals surface area contributed by atoms with Gasteiger partial charge in [-0.25, -0.2) is 0 Å². The van der Waals surface area contributed by atoms with Gasteiger partial charge < -0.3 is 14.9 Å². The lowest BCUT2D eigenvalue weighted by molar-refractivity contribution is 0.155. The number of hydrogen-bond donors (Lipinski definition) is 2. The summed E-state index contributed by atoms with van der Waals surface area (Å²) in [5.74, 6) is 0.615. The van der Waals surface area contributed by atoms with E-state index >= 15 is 0 Å². The number of aliphatic hydroxyl groups excluding tert-OH is 1. The molecule has 2 N–H and O–H groups in total. The van der Waals surface area contributed by atoms with Gasteiger partial charge in [0.05, 0.1) is 13.2 Å². The van der Waals surface area contributed by atoms with E-state index in [4.69, 9.17) is 4.74 Å². The van der Waals surface area contributed by atoms with Gasteiger partial charge in [0, 0.05) is 4.47 Å². The molecule has 0 aliphatic heterocycles. The van der Waals surface area contributed by atoms with E-state index in [1.54, 1.807) is 12.1 Å². The lowest BCUT2D eigenvalue weighted by atomic mass is 10.0. The largest absolute Gasteiger partial charge is 0.504 e. The lowest BCUT2D eigenvalue weighted by Gasteiger charge is -2.11. The van der Waals surface area contributed by atoms with E-state index in [0.717, 1.165) is 29.3 Å². The van der Waals surface area contributed by atoms with Crippen LogP contribution < -0.4 is 4.74 Å². The highest BCUT2D eigenvalue weighted by Crippen LogP contribution is 2.27. The van der Waals surface area contributed by atoms with Gasteiger partial charge in [-0.1, -0.05) is 34.1 Å². The van der Waals surface area contributed by atoms with Gasteiger partial charge in [-0.3, -0.25) is 0 Å². The fraction of sp³-hybridized carbons (Fsp3) is 0.333. The molecule has 0 saturated carbocycles. The molecule has 2 aromatic rings. The molecule has 2 aromatic carbocycles. The van der Waals surface area contributed by atoms with Crippen LogP contribution in [0.2, 0.25) is 0 Å². The second-order valence-electron chi connectivity index (χ2n) is 5.36. The zero-order chi connectivity index (χ0) is 15.9. The van der Waals surface area contributed by atoms with Crippen LogP contribution in [0.5, 0.6) is 11.5 Å². The van der Waals surface area contributed by atoms with Gasteiger partial charge in [-0.2, -0.15) is 0 Å². The third-order valence-corrected chi connectivity index (χ3v) is 4.22. The Hall–Kier alpha value is -1.52. The van der Waals surface area contributed by atoms with Crippen LogP contribution in [0.25, 0.3) is 0 Å². The normalized spacial score (nSPS) is 12.1. The molecular weight excluding hydrogens is 344 g/mol. The van der Waals surface area contributed by atoms with Gasteiger partial charge in [0.15, 0.2) is 11.5 Å². The zero-order valence-electron chi connectivity index (χ0n) is 12.6. The van der Waals surface area contributed by atoms with Gasteiger partial charge in [-0.05, 0) is 61.1 Å². The van der Waals surface area contributed by atoms with Crippen LogP contribution in [0.4, 0.5) is 0 Å². The number of methoxy groups -OCH3 is 1. The van der Waals surface area contributed by atoms with Crippen LogP contribution in [-0.4, -0.2) is 23.4 Å². The molecule has 118 valence electrons. The first-order valence-electron chi connectivity index (χ1n) is 7.37. The van der Waals surface area contributed by atoms with Crippen molar-refractivity contribution in [3.05, 3.63) is 58.1 Å². The van der Waals surface area contributed by atoms with Crippen LogP contribution in [0.3, 0.4) is 0 Å². The zero-order valence-corrected chi connectivity index (χ0v) is 14.2. The van der Waals surface area contributed by atoms with E-state index in [1.165, 1.54) is 12.7 Å². The predicted octanol–water partition coefficient (Wildman–Crippen LogP) is 4.09. The van der Waals surface area contributed by atoms with Gasteiger partial charge >= 0.3 is 0 Å². The highest BCUT2D eigenvalue weighted by atomic mass is 79.9. The first-order valence-corrected chi connectivity index (χ1v) is 8.16. The molecule has 0 amide bonds. The summed E-state index contributed by atoms with van der Waals surface area (Å²) >= 11 is 3.41. The summed E-state index contributed by atoms with van der Waals surface area (Å²) in [5, 5.41) is 19.8. The first kappa shape index (κ1) is 16.8. The third kappa shape index (κ3) is 5.04. The molecule has 0 heterocycles. The van der Waals surface area contributed by atoms with Crippen molar-refractivity contribution in [2.75, 3.05) is 7.11 Å². The Bertz CT molecular complexity index is 596. The average Bonchev–Trinajstić information content (AvgIpc) is 2.52. The summed E-state index contributed by atoms with van der Waals surface area (Å²) in [5.41, 5.74) is 2.23. The minimum absolute atomic E-state index is 0.143. The minimum atomic E-state index is -0.340. The molecule has 0 saturated heterocycles. The Morgan fingerprint density at radius 2 is 1.59 bits per heavy atom. The van der Waals surface area contributed by atoms with Crippen LogP contribution in [0.15, 0.2) is 46.9 Å². The summed E-state index contributed by atoms with van der Waals surface area (Å²) < 4.78 is 6.08. The minimum Gasteiger partial charge on any atom is -0.504 e. The maximum atomic E-state index is 10.1. The van der Waals surface area contributed by atoms with Crippen LogP contribution >= 0.6 is 15.9 Å². The van der Waals surface area contributed by atoms with Crippen molar-refractivity contribution in [3.8, 4) is 11.5 Å². The van der Waals surface area contributed by atoms with Gasteiger partial charge in [0.25, 0.3) is 0 Å². The van der Waals surface area contributed by atoms with Crippen molar-refractivity contribution in [3.63, 3.8) is 0 Å². The maximum absolute atomic E-state index is 10.1. The van der Waals surface area contributed by atoms with Crippen molar-refractivity contribution < 1.29 is 14.9 Å². The summed E-state index contributed by atoms with van der Waals surface area (Å²) in [7, 11) is 1.53. The van der Waals surface area contributed by atoms with E-state index in [-0.39, 0.29) is 11.9 Å². The predicted molar refractivity (Wildman–Crippen MR) is 91.4 cm³/mol. The van der Waals surface area contributed by atoms with Gasteiger partial charge in [0.2, 0.25) is 0 Å². The van der Waals surface area contributed by atoms with Crippen molar-refractivity contribution in [1.29, 1.82) is 0 Å². The SMILES string of the molecule is COc1ccc(CC[C@H](O)CCc2ccc(Br)cc2)cc1O. The fourth-order valence-corrected chi connectivity index (χ4v) is 2.62. The van der Waals surface area contributed by atoms with E-state index < -0.39 is 0 Å². The molecule has 0 spiro atoms. The first-order chi connectivity index (χ1) is 10.6. The van der Waals surface area contributed by atoms with E-state index in [9.17, 15) is 10.2 Å². The molecule has 0 unspecified atom stereocenters. The maximum Gasteiger partial charge on any atom is 0.160 e. The quantitative estimate of drug-likeness (QED) is 0.777. The Morgan fingerprint density at radius 1 is 1.00 bits per heavy atom. The lowest BCUT2D eigenvalue weighted by Crippen LogP contribution is -2.09. The van der Waals surface area contributed by atoms with Crippen molar-refractivity contribution >= 4 is 15.9 Å². The highest BCUT2D eigenvalue weighted by molar-refractivity contribution is 9.10. The number of benzene rings is 2. The van der Waals surface area contributed by atoms with E-state index in [0.29, 0.717) is 12.2 Å². The standard InChI is InChI=1S/C18H21BrO3/c1-22-18-11-6-14(12-17(18)21)5-10-16(20)9-4-13-2-7-15(19)8-3-13/h2-3,6-8,11-12,16,20-21H,4-5,9-10H2,1H3/t16-/m1/s1. The number of halogens is 1. The third-order valence-electron chi connectivity index (χ3n) is 3.69. The smallest absolute Gasteiger partial charge is 0.160 e. The molecule has 0 aliphatic rings. The van der Waals surface area contributed by atoms with Gasteiger partial charge in [0.1, 0.15) is 0 Å². The Labute approximate surface area is 139 Å². The molecule has 0 fully saturated rings. The Morgan fingerprint density at radius 3 is 2.18 bits per heavy atom. The number of ether oxygens (including phenoxy) is 1. The monoisotopic (exact) mass is 364 g/mol. The summed E-state index contributed by atoms with van der Waals surface area (Å²) in [6.45, 7) is 0. The van der Waals surface area contributed by atoms with Crippen molar-refractivity contribution in [2.24, 2.45) is 0 Å². The molecule has 0 aromatic heterocycles. The molecule has 2 rings (SSSR count). The second kappa shape index (κ2) is 8.20. The number of aromatic hydroxyl groups is 1. The Kier molecular flexibility index (Phi) is 6.28. The van der Waals surface area contributed by atoms with Crippen LogP contribution in [0, 0.1) is 0 Å². The van der Waals surface area contributed by atoms with Crippen LogP contribution in [0.1, 0.15) is 24.0 Å². The van der Waals surface area contributed by atoms with Crippen molar-refractivity contribution in [2.45, 2.75) is 31.8 Å². The number of rotatable bonds is 7. The number of phenolic OH excluding ortho intramolecular Hbond substituents is 1. The summed E-state index contributed by atoms with van der Waals surface area (Å²) in [4.78, 5) is 0. The molecule has 3 nitrogen and oxygen atoms in total. The van der Waals surface area contributed by atoms with E-state index in [2.05, 4.69) is 28.1 Å². The highest BCUT2D eigenvalue weighted by Gasteiger charge is 2.07. The average molecular weight is 365 g/mol. The Balaban J connectivity index is 1.78. The topological polar surface area (TPSA) is 49.7 Å². The molecule has 0 bridgehead atoms. The summed E-state index contributed by atoms with van der Waals surface area (Å²) in [6, 6.07) is 13.5. The molecular formula is C18H21BrO3.